The summed E-state index contributed by atoms with van der Waals surface area (Å²) in [4.78, 5) is 23.5. The van der Waals surface area contributed by atoms with Crippen LogP contribution in [0.4, 0.5) is 0 Å². The quantitative estimate of drug-likeness (QED) is 0.464. The molecule has 0 unspecified atom stereocenters. The van der Waals surface area contributed by atoms with Gasteiger partial charge in [0.25, 0.3) is 0 Å². The van der Waals surface area contributed by atoms with Gasteiger partial charge in [-0.25, -0.2) is 0 Å². The van der Waals surface area contributed by atoms with Crippen molar-refractivity contribution in [3.05, 3.63) is 87.5 Å². The molecule has 134 valence electrons. The zero-order valence-electron chi connectivity index (χ0n) is 14.7. The number of rotatable bonds is 5. The van der Waals surface area contributed by atoms with Crippen LogP contribution in [0.5, 0.6) is 5.75 Å². The Balaban J connectivity index is 2.12. The number of hydrogen-bond donors (Lipinski definition) is 0. The van der Waals surface area contributed by atoms with Crippen LogP contribution in [0.25, 0.3) is 0 Å². The van der Waals surface area contributed by atoms with Gasteiger partial charge in [0, 0.05) is 10.5 Å². The van der Waals surface area contributed by atoms with Crippen LogP contribution in [0.15, 0.2) is 66.2 Å². The molecule has 5 heteroatoms. The molecule has 2 aromatic carbocycles. The molecule has 0 saturated carbocycles. The van der Waals surface area contributed by atoms with E-state index in [9.17, 15) is 14.9 Å². The van der Waals surface area contributed by atoms with Gasteiger partial charge in [0.2, 0.25) is 6.04 Å². The van der Waals surface area contributed by atoms with Gasteiger partial charge in [0.1, 0.15) is 12.0 Å². The van der Waals surface area contributed by atoms with Gasteiger partial charge in [-0.05, 0) is 29.2 Å². The van der Waals surface area contributed by atoms with Crippen LogP contribution in [0.1, 0.15) is 29.9 Å². The Hall–Kier alpha value is -2.95. The summed E-state index contributed by atoms with van der Waals surface area (Å²) in [6, 6.07) is 15.7. The van der Waals surface area contributed by atoms with Crippen molar-refractivity contribution in [1.29, 1.82) is 0 Å². The fourth-order valence-electron chi connectivity index (χ4n) is 3.97. The lowest BCUT2D eigenvalue weighted by Gasteiger charge is -2.35. The highest BCUT2D eigenvalue weighted by Crippen LogP contribution is 2.45. The number of carbonyl (C=O) groups excluding carboxylic acids is 1. The molecule has 0 aromatic heterocycles. The maximum atomic E-state index is 12.1. The number of nitro groups is 1. The van der Waals surface area contributed by atoms with Crippen molar-refractivity contribution in [2.75, 3.05) is 7.11 Å². The van der Waals surface area contributed by atoms with Gasteiger partial charge in [0.15, 0.2) is 0 Å². The predicted octanol–water partition coefficient (Wildman–Crippen LogP) is 3.98. The molecule has 0 heterocycles. The summed E-state index contributed by atoms with van der Waals surface area (Å²) in [5, 5.41) is 12.1. The summed E-state index contributed by atoms with van der Waals surface area (Å²) >= 11 is 0. The molecule has 0 saturated heterocycles. The minimum atomic E-state index is -0.911. The monoisotopic (exact) mass is 351 g/mol. The lowest BCUT2D eigenvalue weighted by molar-refractivity contribution is -0.531. The summed E-state index contributed by atoms with van der Waals surface area (Å²) in [7, 11) is 1.59. The third kappa shape index (κ3) is 3.25. The van der Waals surface area contributed by atoms with E-state index in [1.807, 2.05) is 67.6 Å². The minimum absolute atomic E-state index is 0.126. The Morgan fingerprint density at radius 3 is 2.23 bits per heavy atom. The average molecular weight is 351 g/mol. The molecule has 1 aliphatic rings. The summed E-state index contributed by atoms with van der Waals surface area (Å²) < 4.78 is 5.19. The van der Waals surface area contributed by atoms with E-state index < -0.39 is 12.0 Å². The number of ether oxygens (including phenoxy) is 1. The smallest absolute Gasteiger partial charge is 0.231 e. The highest BCUT2D eigenvalue weighted by atomic mass is 16.6. The molecule has 0 fully saturated rings. The molecule has 0 bridgehead atoms. The SMILES string of the molecule is COc1ccc([C@H]2[C@@H]([N+](=O)[O-])[C@H](c3ccccc3)C(C=O)=C[C@@H]2C)cc1. The third-order valence-electron chi connectivity index (χ3n) is 5.13. The van der Waals surface area contributed by atoms with Gasteiger partial charge in [-0.2, -0.15) is 0 Å². The van der Waals surface area contributed by atoms with Crippen molar-refractivity contribution < 1.29 is 14.5 Å². The van der Waals surface area contributed by atoms with Gasteiger partial charge in [0.05, 0.1) is 18.9 Å². The van der Waals surface area contributed by atoms with E-state index in [1.165, 1.54) is 0 Å². The zero-order chi connectivity index (χ0) is 18.7. The largest absolute Gasteiger partial charge is 0.497 e. The van der Waals surface area contributed by atoms with Crippen LogP contribution in [0, 0.1) is 16.0 Å². The van der Waals surface area contributed by atoms with Gasteiger partial charge >= 0.3 is 0 Å². The first kappa shape index (κ1) is 17.9. The van der Waals surface area contributed by atoms with Crippen molar-refractivity contribution >= 4 is 6.29 Å². The van der Waals surface area contributed by atoms with Gasteiger partial charge in [-0.15, -0.1) is 0 Å². The van der Waals surface area contributed by atoms with E-state index in [2.05, 4.69) is 0 Å². The topological polar surface area (TPSA) is 69.4 Å². The molecule has 26 heavy (non-hydrogen) atoms. The minimum Gasteiger partial charge on any atom is -0.497 e. The van der Waals surface area contributed by atoms with Crippen molar-refractivity contribution in [2.24, 2.45) is 5.92 Å². The van der Waals surface area contributed by atoms with Gasteiger partial charge in [-0.1, -0.05) is 55.5 Å². The number of hydrogen-bond acceptors (Lipinski definition) is 4. The van der Waals surface area contributed by atoms with E-state index in [4.69, 9.17) is 4.74 Å². The average Bonchev–Trinajstić information content (AvgIpc) is 2.67. The maximum Gasteiger partial charge on any atom is 0.231 e. The Kier molecular flexibility index (Phi) is 5.16. The Bertz CT molecular complexity index is 814. The first-order chi connectivity index (χ1) is 12.6. The highest BCUT2D eigenvalue weighted by Gasteiger charge is 2.47. The molecule has 0 radical (unpaired) electrons. The third-order valence-corrected chi connectivity index (χ3v) is 5.13. The molecule has 0 N–H and O–H groups in total. The van der Waals surface area contributed by atoms with Crippen LogP contribution in [0.2, 0.25) is 0 Å². The van der Waals surface area contributed by atoms with Crippen molar-refractivity contribution in [3.63, 3.8) is 0 Å². The summed E-state index contributed by atoms with van der Waals surface area (Å²) in [6.07, 6.45) is 2.63. The summed E-state index contributed by atoms with van der Waals surface area (Å²) in [6.45, 7) is 1.93. The number of nitrogens with zero attached hydrogens (tertiary/aromatic N) is 1. The lowest BCUT2D eigenvalue weighted by Crippen LogP contribution is -2.41. The number of carbonyl (C=O) groups is 1. The molecule has 4 atom stereocenters. The van der Waals surface area contributed by atoms with Crippen LogP contribution in [-0.2, 0) is 4.79 Å². The van der Waals surface area contributed by atoms with Crippen LogP contribution in [-0.4, -0.2) is 24.4 Å². The van der Waals surface area contributed by atoms with E-state index >= 15 is 0 Å². The van der Waals surface area contributed by atoms with Crippen molar-refractivity contribution in [1.82, 2.24) is 0 Å². The second-order valence-corrected chi connectivity index (χ2v) is 6.61. The molecule has 2 aromatic rings. The van der Waals surface area contributed by atoms with Gasteiger partial charge in [-0.3, -0.25) is 14.9 Å². The second-order valence-electron chi connectivity index (χ2n) is 6.61. The fourth-order valence-corrected chi connectivity index (χ4v) is 3.97. The highest BCUT2D eigenvalue weighted by molar-refractivity contribution is 5.77. The second kappa shape index (κ2) is 7.52. The summed E-state index contributed by atoms with van der Waals surface area (Å²) in [5.41, 5.74) is 2.15. The van der Waals surface area contributed by atoms with E-state index in [1.54, 1.807) is 7.11 Å². The number of benzene rings is 2. The first-order valence-electron chi connectivity index (χ1n) is 8.56. The van der Waals surface area contributed by atoms with E-state index in [0.29, 0.717) is 11.3 Å². The standard InChI is InChI=1S/C21H21NO4/c1-14-12-17(13-23)20(15-6-4-3-5-7-15)21(22(24)25)19(14)16-8-10-18(26-2)11-9-16/h3-14,19-21H,1-2H3/t14-,19-,20+,21+/m0/s1. The van der Waals surface area contributed by atoms with Crippen LogP contribution in [0.3, 0.4) is 0 Å². The maximum absolute atomic E-state index is 12.1. The molecule has 0 spiro atoms. The summed E-state index contributed by atoms with van der Waals surface area (Å²) in [5.74, 6) is -0.311. The molecule has 3 rings (SSSR count). The molecule has 0 aliphatic heterocycles. The Morgan fingerprint density at radius 1 is 1.04 bits per heavy atom. The fraction of sp³-hybridized carbons (Fsp3) is 0.286. The number of methoxy groups -OCH3 is 1. The van der Waals surface area contributed by atoms with Gasteiger partial charge < -0.3 is 4.74 Å². The van der Waals surface area contributed by atoms with Crippen molar-refractivity contribution in [3.8, 4) is 5.75 Å². The van der Waals surface area contributed by atoms with E-state index in [0.717, 1.165) is 17.4 Å². The Morgan fingerprint density at radius 2 is 1.69 bits per heavy atom. The van der Waals surface area contributed by atoms with E-state index in [-0.39, 0.29) is 16.8 Å². The van der Waals surface area contributed by atoms with Crippen molar-refractivity contribution in [2.45, 2.75) is 24.8 Å². The Labute approximate surface area is 152 Å². The molecule has 5 nitrogen and oxygen atoms in total. The van der Waals surface area contributed by atoms with Crippen LogP contribution < -0.4 is 4.74 Å². The molecule has 0 amide bonds. The van der Waals surface area contributed by atoms with Crippen LogP contribution >= 0.6 is 0 Å². The molecular formula is C21H21NO4. The zero-order valence-corrected chi connectivity index (χ0v) is 14.7. The lowest BCUT2D eigenvalue weighted by atomic mass is 9.67. The normalized spacial score (nSPS) is 25.2. The number of allylic oxidation sites excluding steroid dienone is 1. The molecule has 1 aliphatic carbocycles. The number of aldehydes is 1. The molecular weight excluding hydrogens is 330 g/mol. The predicted molar refractivity (Wildman–Crippen MR) is 99.0 cm³/mol. The first-order valence-corrected chi connectivity index (χ1v) is 8.56.